The quantitative estimate of drug-likeness (QED) is 0.792. The van der Waals surface area contributed by atoms with E-state index in [0.29, 0.717) is 5.75 Å². The van der Waals surface area contributed by atoms with Crippen LogP contribution in [0.2, 0.25) is 0 Å². The molecule has 3 nitrogen and oxygen atoms in total. The number of hydrogen-bond acceptors (Lipinski definition) is 3. The van der Waals surface area contributed by atoms with Crippen LogP contribution in [0, 0.1) is 0 Å². The van der Waals surface area contributed by atoms with Gasteiger partial charge in [-0.05, 0) is 52.3 Å². The number of nitrogens with one attached hydrogen (secondary N) is 2. The maximum absolute atomic E-state index is 11.6. The minimum atomic E-state index is 0.0863. The first kappa shape index (κ1) is 17.1. The fourth-order valence-corrected chi connectivity index (χ4v) is 2.42. The Bertz CT molecular complexity index is 438. The van der Waals surface area contributed by atoms with Crippen molar-refractivity contribution in [2.75, 3.05) is 5.75 Å². The Hall–Kier alpha value is -1.00. The van der Waals surface area contributed by atoms with Crippen molar-refractivity contribution in [3.8, 4) is 0 Å². The summed E-state index contributed by atoms with van der Waals surface area (Å²) in [5.74, 6) is 0.553. The standard InChI is InChI=1S/C16H26N2OS/c1-12(2)18-15(19)11-20-14-8-6-7-13(9-14)10-17-16(3,4)5/h6-9,12,17H,10-11H2,1-5H3,(H,18,19). The normalized spacial score (nSPS) is 11.7. The van der Waals surface area contributed by atoms with Gasteiger partial charge in [-0.1, -0.05) is 12.1 Å². The van der Waals surface area contributed by atoms with Crippen molar-refractivity contribution in [2.45, 2.75) is 57.6 Å². The largest absolute Gasteiger partial charge is 0.353 e. The molecule has 0 aromatic heterocycles. The minimum absolute atomic E-state index is 0.0863. The molecule has 1 aromatic rings. The molecule has 0 saturated heterocycles. The second-order valence-electron chi connectivity index (χ2n) is 6.26. The molecule has 0 aliphatic heterocycles. The van der Waals surface area contributed by atoms with Gasteiger partial charge in [-0.15, -0.1) is 11.8 Å². The molecule has 1 amide bonds. The molecule has 1 rings (SSSR count). The van der Waals surface area contributed by atoms with Gasteiger partial charge in [0, 0.05) is 23.0 Å². The molecule has 20 heavy (non-hydrogen) atoms. The third kappa shape index (κ3) is 7.56. The highest BCUT2D eigenvalue weighted by atomic mass is 32.2. The Kier molecular flexibility index (Phi) is 6.56. The maximum atomic E-state index is 11.6. The number of amides is 1. The number of rotatable bonds is 6. The average Bonchev–Trinajstić information content (AvgIpc) is 2.33. The molecule has 1 aromatic carbocycles. The Morgan fingerprint density at radius 3 is 2.60 bits per heavy atom. The first-order chi connectivity index (χ1) is 9.26. The lowest BCUT2D eigenvalue weighted by Crippen LogP contribution is -2.35. The molecule has 0 aliphatic carbocycles. The fraction of sp³-hybridized carbons (Fsp3) is 0.562. The van der Waals surface area contributed by atoms with E-state index in [1.54, 1.807) is 11.8 Å². The molecule has 0 unspecified atom stereocenters. The lowest BCUT2D eigenvalue weighted by molar-refractivity contribution is -0.119. The van der Waals surface area contributed by atoms with E-state index >= 15 is 0 Å². The van der Waals surface area contributed by atoms with Crippen molar-refractivity contribution in [2.24, 2.45) is 0 Å². The van der Waals surface area contributed by atoms with Crippen LogP contribution in [0.1, 0.15) is 40.2 Å². The highest BCUT2D eigenvalue weighted by Gasteiger charge is 2.09. The molecule has 0 fully saturated rings. The monoisotopic (exact) mass is 294 g/mol. The fourth-order valence-electron chi connectivity index (χ4n) is 1.62. The SMILES string of the molecule is CC(C)NC(=O)CSc1cccc(CNC(C)(C)C)c1. The van der Waals surface area contributed by atoms with E-state index in [0.717, 1.165) is 11.4 Å². The number of carbonyl (C=O) groups excluding carboxylic acids is 1. The summed E-state index contributed by atoms with van der Waals surface area (Å²) in [5, 5.41) is 6.37. The minimum Gasteiger partial charge on any atom is -0.353 e. The Balaban J connectivity index is 2.49. The Morgan fingerprint density at radius 2 is 2.00 bits per heavy atom. The molecule has 0 atom stereocenters. The van der Waals surface area contributed by atoms with E-state index in [-0.39, 0.29) is 17.5 Å². The van der Waals surface area contributed by atoms with Gasteiger partial charge in [0.25, 0.3) is 0 Å². The predicted molar refractivity (Wildman–Crippen MR) is 87.0 cm³/mol. The molecule has 0 spiro atoms. The molecule has 0 aliphatic rings. The van der Waals surface area contributed by atoms with Crippen molar-refractivity contribution in [1.82, 2.24) is 10.6 Å². The molecule has 4 heteroatoms. The number of hydrogen-bond donors (Lipinski definition) is 2. The molecule has 0 saturated carbocycles. The summed E-state index contributed by atoms with van der Waals surface area (Å²) in [7, 11) is 0. The Labute approximate surface area is 126 Å². The van der Waals surface area contributed by atoms with Gasteiger partial charge >= 0.3 is 0 Å². The van der Waals surface area contributed by atoms with Crippen LogP contribution < -0.4 is 10.6 Å². The highest BCUT2D eigenvalue weighted by molar-refractivity contribution is 8.00. The van der Waals surface area contributed by atoms with E-state index in [1.165, 1.54) is 5.56 Å². The van der Waals surface area contributed by atoms with E-state index in [9.17, 15) is 4.79 Å². The molecule has 2 N–H and O–H groups in total. The zero-order valence-corrected chi connectivity index (χ0v) is 13.9. The van der Waals surface area contributed by atoms with Crippen LogP contribution in [-0.4, -0.2) is 23.2 Å². The van der Waals surface area contributed by atoms with Crippen molar-refractivity contribution in [3.63, 3.8) is 0 Å². The maximum Gasteiger partial charge on any atom is 0.230 e. The summed E-state index contributed by atoms with van der Waals surface area (Å²) in [6, 6.07) is 8.55. The van der Waals surface area contributed by atoms with Crippen molar-refractivity contribution >= 4 is 17.7 Å². The van der Waals surface area contributed by atoms with Crippen molar-refractivity contribution in [1.29, 1.82) is 0 Å². The van der Waals surface area contributed by atoms with Gasteiger partial charge in [-0.25, -0.2) is 0 Å². The lowest BCUT2D eigenvalue weighted by atomic mass is 10.1. The second-order valence-corrected chi connectivity index (χ2v) is 7.31. The van der Waals surface area contributed by atoms with Crippen LogP contribution in [0.4, 0.5) is 0 Å². The van der Waals surface area contributed by atoms with Gasteiger partial charge in [0.15, 0.2) is 0 Å². The number of thioether (sulfide) groups is 1. The number of carbonyl (C=O) groups is 1. The predicted octanol–water partition coefficient (Wildman–Crippen LogP) is 3.19. The van der Waals surface area contributed by atoms with E-state index in [4.69, 9.17) is 0 Å². The first-order valence-corrected chi connectivity index (χ1v) is 8.01. The zero-order chi connectivity index (χ0) is 15.2. The molecule has 0 radical (unpaired) electrons. The summed E-state index contributed by atoms with van der Waals surface area (Å²) in [6.07, 6.45) is 0. The third-order valence-corrected chi connectivity index (χ3v) is 3.53. The average molecular weight is 294 g/mol. The Morgan fingerprint density at radius 1 is 1.30 bits per heavy atom. The summed E-state index contributed by atoms with van der Waals surface area (Å²) < 4.78 is 0. The van der Waals surface area contributed by atoms with Gasteiger partial charge in [0.2, 0.25) is 5.91 Å². The summed E-state index contributed by atoms with van der Waals surface area (Å²) in [5.41, 5.74) is 1.36. The summed E-state index contributed by atoms with van der Waals surface area (Å²) in [6.45, 7) is 11.3. The summed E-state index contributed by atoms with van der Waals surface area (Å²) in [4.78, 5) is 12.8. The van der Waals surface area contributed by atoms with Crippen LogP contribution in [-0.2, 0) is 11.3 Å². The first-order valence-electron chi connectivity index (χ1n) is 7.02. The van der Waals surface area contributed by atoms with E-state index in [2.05, 4.69) is 43.5 Å². The topological polar surface area (TPSA) is 41.1 Å². The van der Waals surface area contributed by atoms with Gasteiger partial charge in [-0.2, -0.15) is 0 Å². The van der Waals surface area contributed by atoms with E-state index < -0.39 is 0 Å². The van der Waals surface area contributed by atoms with Crippen LogP contribution in [0.5, 0.6) is 0 Å². The molecule has 0 heterocycles. The second kappa shape index (κ2) is 7.70. The number of benzene rings is 1. The zero-order valence-electron chi connectivity index (χ0n) is 13.1. The molecular formula is C16H26N2OS. The van der Waals surface area contributed by atoms with Gasteiger partial charge in [0.05, 0.1) is 5.75 Å². The van der Waals surface area contributed by atoms with Crippen LogP contribution in [0.3, 0.4) is 0 Å². The van der Waals surface area contributed by atoms with E-state index in [1.807, 2.05) is 26.0 Å². The molecule has 112 valence electrons. The molecular weight excluding hydrogens is 268 g/mol. The molecule has 0 bridgehead atoms. The third-order valence-electron chi connectivity index (χ3n) is 2.54. The smallest absolute Gasteiger partial charge is 0.230 e. The van der Waals surface area contributed by atoms with Crippen LogP contribution in [0.15, 0.2) is 29.2 Å². The highest BCUT2D eigenvalue weighted by Crippen LogP contribution is 2.19. The van der Waals surface area contributed by atoms with Gasteiger partial charge < -0.3 is 10.6 Å². The lowest BCUT2D eigenvalue weighted by Gasteiger charge is -2.20. The van der Waals surface area contributed by atoms with Crippen LogP contribution >= 0.6 is 11.8 Å². The van der Waals surface area contributed by atoms with Crippen LogP contribution in [0.25, 0.3) is 0 Å². The van der Waals surface area contributed by atoms with Gasteiger partial charge in [0.1, 0.15) is 0 Å². The van der Waals surface area contributed by atoms with Crippen molar-refractivity contribution in [3.05, 3.63) is 29.8 Å². The van der Waals surface area contributed by atoms with Gasteiger partial charge in [-0.3, -0.25) is 4.79 Å². The van der Waals surface area contributed by atoms with Crippen molar-refractivity contribution < 1.29 is 4.79 Å². The summed E-state index contributed by atoms with van der Waals surface area (Å²) >= 11 is 1.58.